The van der Waals surface area contributed by atoms with Crippen LogP contribution in [0, 0.1) is 12.8 Å². The van der Waals surface area contributed by atoms with E-state index in [1.165, 1.54) is 16.1 Å². The van der Waals surface area contributed by atoms with Crippen molar-refractivity contribution >= 4 is 11.3 Å². The van der Waals surface area contributed by atoms with Gasteiger partial charge in [0.2, 0.25) is 0 Å². The molecule has 0 atom stereocenters. The number of hydrogen-bond acceptors (Lipinski definition) is 4. The van der Waals surface area contributed by atoms with E-state index in [-0.39, 0.29) is 0 Å². The van der Waals surface area contributed by atoms with Crippen molar-refractivity contribution in [3.8, 4) is 10.6 Å². The largest absolute Gasteiger partial charge is 0.312 e. The number of aromatic nitrogens is 2. The third-order valence-electron chi connectivity index (χ3n) is 3.36. The minimum absolute atomic E-state index is 0.625. The van der Waals surface area contributed by atoms with E-state index in [2.05, 4.69) is 38.0 Å². The summed E-state index contributed by atoms with van der Waals surface area (Å²) in [6.45, 7) is 10.8. The molecule has 0 radical (unpaired) electrons. The summed E-state index contributed by atoms with van der Waals surface area (Å²) in [6, 6.07) is 2.05. The lowest BCUT2D eigenvalue weighted by atomic mass is 10.1. The summed E-state index contributed by atoms with van der Waals surface area (Å²) in [6.07, 6.45) is 5.97. The average Bonchev–Trinajstić information content (AvgIpc) is 2.82. The second-order valence-electron chi connectivity index (χ2n) is 5.85. The van der Waals surface area contributed by atoms with Crippen molar-refractivity contribution in [2.75, 3.05) is 6.54 Å². The van der Waals surface area contributed by atoms with Gasteiger partial charge in [0, 0.05) is 29.4 Å². The summed E-state index contributed by atoms with van der Waals surface area (Å²) in [5.74, 6) is 0.625. The smallest absolute Gasteiger partial charge is 0.125 e. The number of nitrogens with zero attached hydrogens (tertiary/aromatic N) is 2. The van der Waals surface area contributed by atoms with E-state index in [9.17, 15) is 0 Å². The van der Waals surface area contributed by atoms with Gasteiger partial charge < -0.3 is 5.32 Å². The van der Waals surface area contributed by atoms with Gasteiger partial charge in [-0.1, -0.05) is 20.8 Å². The second kappa shape index (κ2) is 7.66. The molecule has 0 saturated carbocycles. The molecule has 0 aliphatic carbocycles. The molecule has 0 bridgehead atoms. The summed E-state index contributed by atoms with van der Waals surface area (Å²) >= 11 is 1.81. The standard InChI is InChI=1S/C17H25N3S/c1-5-7-18-11-16-15(9-12(2)3)20-17(21-16)14-10-19-8-6-13(14)4/h6,8,10,12,18H,5,7,9,11H2,1-4H3. The lowest BCUT2D eigenvalue weighted by Crippen LogP contribution is -2.14. The van der Waals surface area contributed by atoms with E-state index < -0.39 is 0 Å². The van der Waals surface area contributed by atoms with Crippen LogP contribution in [-0.4, -0.2) is 16.5 Å². The Morgan fingerprint density at radius 3 is 2.81 bits per heavy atom. The molecule has 114 valence electrons. The van der Waals surface area contributed by atoms with E-state index in [0.29, 0.717) is 5.92 Å². The molecule has 0 amide bonds. The van der Waals surface area contributed by atoms with Crippen LogP contribution in [0.4, 0.5) is 0 Å². The van der Waals surface area contributed by atoms with Crippen LogP contribution in [0.1, 0.15) is 43.3 Å². The van der Waals surface area contributed by atoms with Gasteiger partial charge in [-0.3, -0.25) is 4.98 Å². The predicted octanol–water partition coefficient (Wildman–Crippen LogP) is 4.21. The molecule has 21 heavy (non-hydrogen) atoms. The van der Waals surface area contributed by atoms with E-state index in [4.69, 9.17) is 4.98 Å². The Kier molecular flexibility index (Phi) is 5.88. The molecule has 0 fully saturated rings. The summed E-state index contributed by atoms with van der Waals surface area (Å²) < 4.78 is 0. The Bertz CT molecular complexity index is 575. The van der Waals surface area contributed by atoms with Crippen molar-refractivity contribution in [1.82, 2.24) is 15.3 Å². The third-order valence-corrected chi connectivity index (χ3v) is 4.49. The van der Waals surface area contributed by atoms with Crippen molar-refractivity contribution in [1.29, 1.82) is 0 Å². The van der Waals surface area contributed by atoms with Gasteiger partial charge >= 0.3 is 0 Å². The summed E-state index contributed by atoms with van der Waals surface area (Å²) in [5, 5.41) is 4.60. The third kappa shape index (κ3) is 4.35. The summed E-state index contributed by atoms with van der Waals surface area (Å²) in [5.41, 5.74) is 3.65. The SMILES string of the molecule is CCCNCc1sc(-c2cnccc2C)nc1CC(C)C. The first-order valence-electron chi connectivity index (χ1n) is 7.72. The first-order valence-corrected chi connectivity index (χ1v) is 8.53. The predicted molar refractivity (Wildman–Crippen MR) is 90.6 cm³/mol. The fraction of sp³-hybridized carbons (Fsp3) is 0.529. The van der Waals surface area contributed by atoms with Crippen molar-refractivity contribution in [3.05, 3.63) is 34.6 Å². The summed E-state index contributed by atoms with van der Waals surface area (Å²) in [4.78, 5) is 10.5. The quantitative estimate of drug-likeness (QED) is 0.779. The average molecular weight is 303 g/mol. The highest BCUT2D eigenvalue weighted by molar-refractivity contribution is 7.15. The molecule has 1 N–H and O–H groups in total. The van der Waals surface area contributed by atoms with Crippen LogP contribution in [0.5, 0.6) is 0 Å². The Balaban J connectivity index is 2.28. The maximum atomic E-state index is 4.90. The molecule has 3 nitrogen and oxygen atoms in total. The molecular formula is C17H25N3S. The second-order valence-corrected chi connectivity index (χ2v) is 6.94. The Hall–Kier alpha value is -1.26. The van der Waals surface area contributed by atoms with Crippen LogP contribution < -0.4 is 5.32 Å². The van der Waals surface area contributed by atoms with Crippen LogP contribution in [-0.2, 0) is 13.0 Å². The van der Waals surface area contributed by atoms with Crippen molar-refractivity contribution in [2.45, 2.75) is 47.1 Å². The molecule has 2 aromatic rings. The minimum Gasteiger partial charge on any atom is -0.312 e. The molecule has 2 aromatic heterocycles. The number of hydrogen-bond donors (Lipinski definition) is 1. The molecule has 4 heteroatoms. The van der Waals surface area contributed by atoms with Gasteiger partial charge in [0.15, 0.2) is 0 Å². The fourth-order valence-corrected chi connectivity index (χ4v) is 3.38. The van der Waals surface area contributed by atoms with Gasteiger partial charge in [-0.25, -0.2) is 4.98 Å². The van der Waals surface area contributed by atoms with Crippen LogP contribution in [0.15, 0.2) is 18.5 Å². The van der Waals surface area contributed by atoms with E-state index in [1.807, 2.05) is 18.5 Å². The van der Waals surface area contributed by atoms with Gasteiger partial charge in [-0.2, -0.15) is 0 Å². The first-order chi connectivity index (χ1) is 10.1. The van der Waals surface area contributed by atoms with Crippen molar-refractivity contribution in [2.24, 2.45) is 5.92 Å². The number of pyridine rings is 1. The molecule has 0 aliphatic heterocycles. The van der Waals surface area contributed by atoms with Gasteiger partial charge in [-0.05, 0) is 43.9 Å². The maximum absolute atomic E-state index is 4.90. The number of rotatable bonds is 7. The molecule has 2 heterocycles. The van der Waals surface area contributed by atoms with Crippen LogP contribution in [0.3, 0.4) is 0 Å². The molecule has 0 aromatic carbocycles. The van der Waals surface area contributed by atoms with Crippen LogP contribution in [0.25, 0.3) is 10.6 Å². The molecule has 0 saturated heterocycles. The Labute approximate surface area is 131 Å². The maximum Gasteiger partial charge on any atom is 0.125 e. The minimum atomic E-state index is 0.625. The molecule has 0 aliphatic rings. The Morgan fingerprint density at radius 1 is 1.33 bits per heavy atom. The lowest BCUT2D eigenvalue weighted by molar-refractivity contribution is 0.623. The van der Waals surface area contributed by atoms with Gasteiger partial charge in [-0.15, -0.1) is 11.3 Å². The van der Waals surface area contributed by atoms with E-state index in [0.717, 1.165) is 36.5 Å². The molecule has 0 unspecified atom stereocenters. The zero-order chi connectivity index (χ0) is 15.2. The van der Waals surface area contributed by atoms with Gasteiger partial charge in [0.05, 0.1) is 5.69 Å². The van der Waals surface area contributed by atoms with Crippen molar-refractivity contribution < 1.29 is 0 Å². The fourth-order valence-electron chi connectivity index (χ4n) is 2.25. The Morgan fingerprint density at radius 2 is 2.14 bits per heavy atom. The molecule has 2 rings (SSSR count). The highest BCUT2D eigenvalue weighted by Gasteiger charge is 2.14. The number of aryl methyl sites for hydroxylation is 1. The topological polar surface area (TPSA) is 37.8 Å². The van der Waals surface area contributed by atoms with Crippen molar-refractivity contribution in [3.63, 3.8) is 0 Å². The molecular weight excluding hydrogens is 278 g/mol. The van der Waals surface area contributed by atoms with E-state index in [1.54, 1.807) is 11.3 Å². The van der Waals surface area contributed by atoms with Crippen LogP contribution in [0.2, 0.25) is 0 Å². The summed E-state index contributed by atoms with van der Waals surface area (Å²) in [7, 11) is 0. The first kappa shape index (κ1) is 16.1. The van der Waals surface area contributed by atoms with Crippen LogP contribution >= 0.6 is 11.3 Å². The van der Waals surface area contributed by atoms with E-state index >= 15 is 0 Å². The lowest BCUT2D eigenvalue weighted by Gasteiger charge is -2.05. The zero-order valence-electron chi connectivity index (χ0n) is 13.4. The van der Waals surface area contributed by atoms with Gasteiger partial charge in [0.1, 0.15) is 5.01 Å². The number of nitrogens with one attached hydrogen (secondary N) is 1. The monoisotopic (exact) mass is 303 g/mol. The number of thiazole rings is 1. The highest BCUT2D eigenvalue weighted by atomic mass is 32.1. The van der Waals surface area contributed by atoms with Gasteiger partial charge in [0.25, 0.3) is 0 Å². The highest BCUT2D eigenvalue weighted by Crippen LogP contribution is 2.30. The molecule has 0 spiro atoms. The zero-order valence-corrected chi connectivity index (χ0v) is 14.3. The normalized spacial score (nSPS) is 11.3.